The van der Waals surface area contributed by atoms with Gasteiger partial charge in [0.25, 0.3) is 0 Å². The normalized spacial score (nSPS) is 10.4. The molecule has 0 aliphatic rings. The minimum Gasteiger partial charge on any atom is -0.493 e. The second kappa shape index (κ2) is 9.20. The number of benzene rings is 3. The van der Waals surface area contributed by atoms with Crippen LogP contribution in [0.5, 0.6) is 11.5 Å². The van der Waals surface area contributed by atoms with Crippen LogP contribution < -0.4 is 9.47 Å². The topological polar surface area (TPSA) is 59.3 Å². The van der Waals surface area contributed by atoms with Crippen LogP contribution in [0.1, 0.15) is 15.9 Å². The van der Waals surface area contributed by atoms with Gasteiger partial charge in [-0.25, -0.2) is 0 Å². The lowest BCUT2D eigenvalue weighted by Crippen LogP contribution is -1.97. The quantitative estimate of drug-likeness (QED) is 0.426. The molecule has 0 unspecified atom stereocenters. The number of allylic oxidation sites excluding steroid dienone is 1. The van der Waals surface area contributed by atoms with Crippen molar-refractivity contribution < 1.29 is 14.3 Å². The summed E-state index contributed by atoms with van der Waals surface area (Å²) in [5.41, 5.74) is 3.61. The van der Waals surface area contributed by atoms with E-state index >= 15 is 0 Å². The first-order valence-corrected chi connectivity index (χ1v) is 8.77. The van der Waals surface area contributed by atoms with Crippen LogP contribution in [0.25, 0.3) is 17.2 Å². The van der Waals surface area contributed by atoms with E-state index in [1.165, 1.54) is 13.2 Å². The third-order valence-electron chi connectivity index (χ3n) is 4.18. The molecular weight excluding hydrogens is 350 g/mol. The van der Waals surface area contributed by atoms with E-state index in [1.807, 2.05) is 60.7 Å². The van der Waals surface area contributed by atoms with Gasteiger partial charge in [0.2, 0.25) is 0 Å². The number of ether oxygens (including phenoxy) is 2. The average Bonchev–Trinajstić information content (AvgIpc) is 2.77. The van der Waals surface area contributed by atoms with Crippen molar-refractivity contribution in [3.63, 3.8) is 0 Å². The summed E-state index contributed by atoms with van der Waals surface area (Å²) in [5.74, 6) is 0.921. The minimum atomic E-state index is -0.0802. The Morgan fingerprint density at radius 2 is 1.68 bits per heavy atom. The summed E-state index contributed by atoms with van der Waals surface area (Å²) in [4.78, 5) is 12.4. The molecule has 0 aliphatic carbocycles. The lowest BCUT2D eigenvalue weighted by molar-refractivity contribution is 0.104. The summed E-state index contributed by atoms with van der Waals surface area (Å²) in [6.07, 6.45) is 3.26. The fraction of sp³-hybridized carbons (Fsp3) is 0.0833. The largest absolute Gasteiger partial charge is 0.493 e. The summed E-state index contributed by atoms with van der Waals surface area (Å²) in [6.45, 7) is -0.0526. The molecule has 4 heteroatoms. The van der Waals surface area contributed by atoms with Crippen molar-refractivity contribution in [2.75, 3.05) is 13.7 Å². The molecule has 3 aromatic carbocycles. The molecule has 0 heterocycles. The summed E-state index contributed by atoms with van der Waals surface area (Å²) < 4.78 is 10.6. The van der Waals surface area contributed by atoms with E-state index in [2.05, 4.69) is 0 Å². The molecule has 0 radical (unpaired) electrons. The van der Waals surface area contributed by atoms with E-state index in [0.717, 1.165) is 16.7 Å². The van der Waals surface area contributed by atoms with E-state index in [0.29, 0.717) is 17.1 Å². The molecule has 0 atom stereocenters. The van der Waals surface area contributed by atoms with Crippen molar-refractivity contribution in [3.05, 3.63) is 90.0 Å². The molecular formula is C24H19NO3. The highest BCUT2D eigenvalue weighted by Gasteiger charge is 2.06. The molecule has 138 valence electrons. The van der Waals surface area contributed by atoms with Crippen LogP contribution in [0.15, 0.2) is 78.9 Å². The maximum absolute atomic E-state index is 12.4. The Bertz CT molecular complexity index is 1020. The third kappa shape index (κ3) is 4.66. The van der Waals surface area contributed by atoms with Crippen molar-refractivity contribution >= 4 is 11.9 Å². The second-order valence-electron chi connectivity index (χ2n) is 6.00. The average molecular weight is 369 g/mol. The zero-order chi connectivity index (χ0) is 19.8. The summed E-state index contributed by atoms with van der Waals surface area (Å²) in [6, 6.07) is 24.8. The second-order valence-corrected chi connectivity index (χ2v) is 6.00. The van der Waals surface area contributed by atoms with Crippen LogP contribution in [0.3, 0.4) is 0 Å². The molecule has 3 rings (SSSR count). The molecule has 0 saturated carbocycles. The predicted molar refractivity (Wildman–Crippen MR) is 109 cm³/mol. The lowest BCUT2D eigenvalue weighted by atomic mass is 10.0. The number of carbonyl (C=O) groups is 1. The van der Waals surface area contributed by atoms with Crippen LogP contribution in [-0.4, -0.2) is 19.5 Å². The number of rotatable bonds is 7. The van der Waals surface area contributed by atoms with Gasteiger partial charge >= 0.3 is 0 Å². The van der Waals surface area contributed by atoms with Gasteiger partial charge in [0.05, 0.1) is 7.11 Å². The van der Waals surface area contributed by atoms with Gasteiger partial charge in [0, 0.05) is 5.56 Å². The number of nitrogens with zero attached hydrogens (tertiary/aromatic N) is 1. The van der Waals surface area contributed by atoms with Crippen molar-refractivity contribution in [3.8, 4) is 28.7 Å². The van der Waals surface area contributed by atoms with E-state index in [4.69, 9.17) is 14.7 Å². The zero-order valence-corrected chi connectivity index (χ0v) is 15.5. The van der Waals surface area contributed by atoms with Gasteiger partial charge in [-0.3, -0.25) is 4.79 Å². The van der Waals surface area contributed by atoms with Gasteiger partial charge in [0.15, 0.2) is 23.9 Å². The van der Waals surface area contributed by atoms with Crippen LogP contribution in [0.4, 0.5) is 0 Å². The SMILES string of the molecule is COc1cc(/C=C/C(=O)c2ccc(-c3ccccc3)cc2)ccc1OCC#N. The van der Waals surface area contributed by atoms with Gasteiger partial charge in [-0.05, 0) is 34.9 Å². The van der Waals surface area contributed by atoms with Crippen molar-refractivity contribution in [2.45, 2.75) is 0 Å². The smallest absolute Gasteiger partial charge is 0.185 e. The molecule has 4 nitrogen and oxygen atoms in total. The Morgan fingerprint density at radius 1 is 0.964 bits per heavy atom. The van der Waals surface area contributed by atoms with E-state index in [-0.39, 0.29) is 12.4 Å². The number of nitriles is 1. The molecule has 0 fully saturated rings. The lowest BCUT2D eigenvalue weighted by Gasteiger charge is -2.08. The Morgan fingerprint density at radius 3 is 2.36 bits per heavy atom. The molecule has 0 spiro atoms. The molecule has 28 heavy (non-hydrogen) atoms. The van der Waals surface area contributed by atoms with E-state index in [1.54, 1.807) is 24.3 Å². The zero-order valence-electron chi connectivity index (χ0n) is 15.5. The van der Waals surface area contributed by atoms with Crippen LogP contribution in [0, 0.1) is 11.3 Å². The predicted octanol–water partition coefficient (Wildman–Crippen LogP) is 5.16. The Balaban J connectivity index is 1.72. The third-order valence-corrected chi connectivity index (χ3v) is 4.18. The van der Waals surface area contributed by atoms with E-state index < -0.39 is 0 Å². The highest BCUT2D eigenvalue weighted by Crippen LogP contribution is 2.28. The van der Waals surface area contributed by atoms with E-state index in [9.17, 15) is 4.79 Å². The number of methoxy groups -OCH3 is 1. The maximum Gasteiger partial charge on any atom is 0.185 e. The molecule has 0 aromatic heterocycles. The molecule has 0 bridgehead atoms. The Labute approximate surface area is 164 Å². The van der Waals surface area contributed by atoms with Gasteiger partial charge in [-0.15, -0.1) is 0 Å². The van der Waals surface area contributed by atoms with Crippen molar-refractivity contribution in [2.24, 2.45) is 0 Å². The van der Waals surface area contributed by atoms with Gasteiger partial charge in [-0.2, -0.15) is 5.26 Å². The van der Waals surface area contributed by atoms with Crippen LogP contribution >= 0.6 is 0 Å². The van der Waals surface area contributed by atoms with Gasteiger partial charge in [-0.1, -0.05) is 66.7 Å². The minimum absolute atomic E-state index is 0.0526. The fourth-order valence-electron chi connectivity index (χ4n) is 2.74. The Kier molecular flexibility index (Phi) is 6.22. The first-order chi connectivity index (χ1) is 13.7. The molecule has 0 amide bonds. The number of carbonyl (C=O) groups excluding carboxylic acids is 1. The first-order valence-electron chi connectivity index (χ1n) is 8.77. The summed E-state index contributed by atoms with van der Waals surface area (Å²) >= 11 is 0. The van der Waals surface area contributed by atoms with Crippen molar-refractivity contribution in [1.29, 1.82) is 5.26 Å². The molecule has 0 saturated heterocycles. The Hall–Kier alpha value is -3.84. The van der Waals surface area contributed by atoms with Gasteiger partial charge in [0.1, 0.15) is 6.07 Å². The molecule has 3 aromatic rings. The highest BCUT2D eigenvalue weighted by atomic mass is 16.5. The van der Waals surface area contributed by atoms with Crippen LogP contribution in [0.2, 0.25) is 0 Å². The van der Waals surface area contributed by atoms with Gasteiger partial charge < -0.3 is 9.47 Å². The van der Waals surface area contributed by atoms with Crippen molar-refractivity contribution in [1.82, 2.24) is 0 Å². The number of ketones is 1. The summed E-state index contributed by atoms with van der Waals surface area (Å²) in [7, 11) is 1.53. The number of hydrogen-bond donors (Lipinski definition) is 0. The maximum atomic E-state index is 12.4. The monoisotopic (exact) mass is 369 g/mol. The standard InChI is InChI=1S/C24H19NO3/c1-27-24-17-18(8-14-23(24)28-16-15-25)7-13-22(26)21-11-9-20(10-12-21)19-5-3-2-4-6-19/h2-14,17H,16H2,1H3/b13-7+. The summed E-state index contributed by atoms with van der Waals surface area (Å²) in [5, 5.41) is 8.62. The first kappa shape index (κ1) is 18.9. The molecule has 0 aliphatic heterocycles. The molecule has 0 N–H and O–H groups in total. The highest BCUT2D eigenvalue weighted by molar-refractivity contribution is 6.07. The fourth-order valence-corrected chi connectivity index (χ4v) is 2.74. The van der Waals surface area contributed by atoms with Crippen LogP contribution in [-0.2, 0) is 0 Å². The number of hydrogen-bond acceptors (Lipinski definition) is 4.